The molecule has 3 rings (SSSR count). The largest absolute Gasteiger partial charge is 0.495 e. The van der Waals surface area contributed by atoms with Crippen molar-refractivity contribution in [1.82, 2.24) is 5.32 Å². The van der Waals surface area contributed by atoms with E-state index in [9.17, 15) is 13.2 Å². The van der Waals surface area contributed by atoms with Gasteiger partial charge in [-0.3, -0.25) is 9.10 Å². The van der Waals surface area contributed by atoms with Crippen LogP contribution in [0.25, 0.3) is 0 Å². The monoisotopic (exact) mass is 516 g/mol. The SMILES string of the molecule is COc1ccc(N(CC(=O)NCCOc2ccccc2C(C)C)S(=O)(=O)c2ccccc2)cc1Cl. The first-order valence-corrected chi connectivity index (χ1v) is 13.0. The highest BCUT2D eigenvalue weighted by Crippen LogP contribution is 2.32. The summed E-state index contributed by atoms with van der Waals surface area (Å²) in [5, 5.41) is 2.97. The number of carbonyl (C=O) groups is 1. The molecule has 0 fully saturated rings. The first kappa shape index (κ1) is 26.4. The summed E-state index contributed by atoms with van der Waals surface area (Å²) in [6, 6.07) is 20.2. The van der Waals surface area contributed by atoms with Crippen LogP contribution in [0.1, 0.15) is 25.3 Å². The number of rotatable bonds is 11. The van der Waals surface area contributed by atoms with Gasteiger partial charge in [-0.25, -0.2) is 8.42 Å². The normalized spacial score (nSPS) is 11.2. The fourth-order valence-corrected chi connectivity index (χ4v) is 5.16. The summed E-state index contributed by atoms with van der Waals surface area (Å²) in [6.07, 6.45) is 0. The van der Waals surface area contributed by atoms with E-state index in [4.69, 9.17) is 21.1 Å². The molecule has 186 valence electrons. The Hall–Kier alpha value is -3.23. The number of ether oxygens (including phenoxy) is 2. The molecule has 0 aliphatic carbocycles. The van der Waals surface area contributed by atoms with Crippen LogP contribution >= 0.6 is 11.6 Å². The van der Waals surface area contributed by atoms with E-state index in [1.54, 1.807) is 30.3 Å². The molecule has 0 bridgehead atoms. The van der Waals surface area contributed by atoms with Crippen LogP contribution in [0.5, 0.6) is 11.5 Å². The summed E-state index contributed by atoms with van der Waals surface area (Å²) in [4.78, 5) is 12.8. The second-order valence-electron chi connectivity index (χ2n) is 8.03. The molecule has 0 aliphatic heterocycles. The second kappa shape index (κ2) is 12.0. The Balaban J connectivity index is 1.73. The van der Waals surface area contributed by atoms with E-state index >= 15 is 0 Å². The van der Waals surface area contributed by atoms with Crippen molar-refractivity contribution in [1.29, 1.82) is 0 Å². The third-order valence-corrected chi connectivity index (χ3v) is 7.35. The number of halogens is 1. The molecule has 9 heteroatoms. The van der Waals surface area contributed by atoms with Crippen molar-refractivity contribution in [3.05, 3.63) is 83.4 Å². The maximum Gasteiger partial charge on any atom is 0.264 e. The molecule has 1 N–H and O–H groups in total. The molecule has 0 saturated heterocycles. The summed E-state index contributed by atoms with van der Waals surface area (Å²) >= 11 is 6.24. The lowest BCUT2D eigenvalue weighted by Gasteiger charge is -2.24. The molecule has 0 unspecified atom stereocenters. The van der Waals surface area contributed by atoms with Crippen LogP contribution in [0.2, 0.25) is 5.02 Å². The predicted octanol–water partition coefficient (Wildman–Crippen LogP) is 4.86. The van der Waals surface area contributed by atoms with Crippen LogP contribution in [0.3, 0.4) is 0 Å². The van der Waals surface area contributed by atoms with Gasteiger partial charge in [-0.15, -0.1) is 0 Å². The van der Waals surface area contributed by atoms with Gasteiger partial charge in [0, 0.05) is 0 Å². The number of nitrogens with zero attached hydrogens (tertiary/aromatic N) is 1. The standard InChI is InChI=1S/C26H29ClN2O5S/c1-19(2)22-11-7-8-12-24(22)34-16-15-28-26(30)18-29(20-13-14-25(33-3)23(27)17-20)35(31,32)21-9-5-4-6-10-21/h4-14,17,19H,15-16,18H2,1-3H3,(H,28,30). The number of para-hydroxylation sites is 1. The van der Waals surface area contributed by atoms with E-state index in [2.05, 4.69) is 19.2 Å². The van der Waals surface area contributed by atoms with E-state index in [0.717, 1.165) is 15.6 Å². The predicted molar refractivity (Wildman–Crippen MR) is 138 cm³/mol. The molecule has 0 radical (unpaired) electrons. The number of hydrogen-bond donors (Lipinski definition) is 1. The van der Waals surface area contributed by atoms with Crippen molar-refractivity contribution in [3.63, 3.8) is 0 Å². The highest BCUT2D eigenvalue weighted by molar-refractivity contribution is 7.92. The van der Waals surface area contributed by atoms with Gasteiger partial charge in [-0.2, -0.15) is 0 Å². The Morgan fingerprint density at radius 1 is 1.00 bits per heavy atom. The third-order valence-electron chi connectivity index (χ3n) is 5.26. The summed E-state index contributed by atoms with van der Waals surface area (Å²) in [7, 11) is -2.57. The van der Waals surface area contributed by atoms with E-state index < -0.39 is 22.5 Å². The van der Waals surface area contributed by atoms with Crippen molar-refractivity contribution in [3.8, 4) is 11.5 Å². The number of amides is 1. The minimum Gasteiger partial charge on any atom is -0.495 e. The van der Waals surface area contributed by atoms with Gasteiger partial charge in [-0.1, -0.05) is 61.8 Å². The molecule has 3 aromatic carbocycles. The summed E-state index contributed by atoms with van der Waals surface area (Å²) in [5.74, 6) is 0.986. The highest BCUT2D eigenvalue weighted by Gasteiger charge is 2.27. The average Bonchev–Trinajstić information content (AvgIpc) is 2.85. The van der Waals surface area contributed by atoms with Gasteiger partial charge in [0.2, 0.25) is 5.91 Å². The molecule has 0 spiro atoms. The molecule has 0 heterocycles. The van der Waals surface area contributed by atoms with Gasteiger partial charge in [-0.05, 0) is 47.9 Å². The molecular formula is C26H29ClN2O5S. The summed E-state index contributed by atoms with van der Waals surface area (Å²) < 4.78 is 38.8. The number of carbonyl (C=O) groups excluding carboxylic acids is 1. The van der Waals surface area contributed by atoms with Crippen molar-refractivity contribution < 1.29 is 22.7 Å². The molecule has 0 aromatic heterocycles. The fourth-order valence-electron chi connectivity index (χ4n) is 3.47. The Labute approximate surface area is 211 Å². The first-order chi connectivity index (χ1) is 16.7. The minimum absolute atomic E-state index is 0.0633. The fraction of sp³-hybridized carbons (Fsp3) is 0.269. The van der Waals surface area contributed by atoms with Crippen LogP contribution in [-0.2, 0) is 14.8 Å². The van der Waals surface area contributed by atoms with Crippen molar-refractivity contribution >= 4 is 33.2 Å². The molecule has 0 aliphatic rings. The lowest BCUT2D eigenvalue weighted by Crippen LogP contribution is -2.42. The molecule has 0 atom stereocenters. The van der Waals surface area contributed by atoms with Gasteiger partial charge in [0.25, 0.3) is 10.0 Å². The lowest BCUT2D eigenvalue weighted by molar-refractivity contribution is -0.119. The smallest absolute Gasteiger partial charge is 0.264 e. The number of nitrogens with one attached hydrogen (secondary N) is 1. The van der Waals surface area contributed by atoms with E-state index in [1.165, 1.54) is 25.3 Å². The topological polar surface area (TPSA) is 84.9 Å². The van der Waals surface area contributed by atoms with Gasteiger partial charge < -0.3 is 14.8 Å². The lowest BCUT2D eigenvalue weighted by atomic mass is 10.0. The highest BCUT2D eigenvalue weighted by atomic mass is 35.5. The maximum absolute atomic E-state index is 13.4. The van der Waals surface area contributed by atoms with Gasteiger partial charge in [0.1, 0.15) is 24.7 Å². The Morgan fingerprint density at radius 3 is 2.34 bits per heavy atom. The van der Waals surface area contributed by atoms with E-state index in [-0.39, 0.29) is 28.8 Å². The Kier molecular flexibility index (Phi) is 9.01. The quantitative estimate of drug-likeness (QED) is 0.368. The Bertz CT molecular complexity index is 1250. The summed E-state index contributed by atoms with van der Waals surface area (Å²) in [6.45, 7) is 4.19. The zero-order valence-electron chi connectivity index (χ0n) is 19.9. The van der Waals surface area contributed by atoms with Gasteiger partial charge >= 0.3 is 0 Å². The van der Waals surface area contributed by atoms with Gasteiger partial charge in [0.05, 0.1) is 29.3 Å². The number of anilines is 1. The number of hydrogen-bond acceptors (Lipinski definition) is 5. The second-order valence-corrected chi connectivity index (χ2v) is 10.3. The van der Waals surface area contributed by atoms with Crippen molar-refractivity contribution in [2.45, 2.75) is 24.7 Å². The van der Waals surface area contributed by atoms with Crippen LogP contribution < -0.4 is 19.1 Å². The van der Waals surface area contributed by atoms with Crippen molar-refractivity contribution in [2.24, 2.45) is 0 Å². The Morgan fingerprint density at radius 2 is 1.69 bits per heavy atom. The number of sulfonamides is 1. The van der Waals surface area contributed by atoms with Gasteiger partial charge in [0.15, 0.2) is 0 Å². The van der Waals surface area contributed by atoms with Crippen molar-refractivity contribution in [2.75, 3.05) is 31.1 Å². The zero-order valence-corrected chi connectivity index (χ0v) is 21.5. The van der Waals surface area contributed by atoms with Crippen LogP contribution in [0.15, 0.2) is 77.7 Å². The summed E-state index contributed by atoms with van der Waals surface area (Å²) in [5.41, 5.74) is 1.33. The minimum atomic E-state index is -4.03. The van der Waals surface area contributed by atoms with Crippen LogP contribution in [0, 0.1) is 0 Å². The average molecular weight is 517 g/mol. The van der Waals surface area contributed by atoms with E-state index in [0.29, 0.717) is 11.7 Å². The maximum atomic E-state index is 13.4. The van der Waals surface area contributed by atoms with Crippen LogP contribution in [-0.4, -0.2) is 41.1 Å². The first-order valence-electron chi connectivity index (χ1n) is 11.1. The molecule has 3 aromatic rings. The zero-order chi connectivity index (χ0) is 25.4. The molecule has 7 nitrogen and oxygen atoms in total. The van der Waals surface area contributed by atoms with Crippen LogP contribution in [0.4, 0.5) is 5.69 Å². The molecular weight excluding hydrogens is 488 g/mol. The number of benzene rings is 3. The molecule has 0 saturated carbocycles. The third kappa shape index (κ3) is 6.68. The number of methoxy groups -OCH3 is 1. The molecule has 1 amide bonds. The van der Waals surface area contributed by atoms with E-state index in [1.807, 2.05) is 24.3 Å². The molecule has 35 heavy (non-hydrogen) atoms.